The monoisotopic (exact) mass is 283 g/mol. The van der Waals surface area contributed by atoms with Crippen LogP contribution in [0.5, 0.6) is 0 Å². The van der Waals surface area contributed by atoms with Crippen LogP contribution >= 0.6 is 0 Å². The summed E-state index contributed by atoms with van der Waals surface area (Å²) in [7, 11) is -0.0658. The molecule has 0 saturated carbocycles. The third kappa shape index (κ3) is 4.79. The maximum Gasteiger partial charge on any atom is 0.306 e. The van der Waals surface area contributed by atoms with E-state index in [9.17, 15) is 13.4 Å². The van der Waals surface area contributed by atoms with Gasteiger partial charge < -0.3 is 4.74 Å². The smallest absolute Gasteiger partial charge is 0.306 e. The van der Waals surface area contributed by atoms with Gasteiger partial charge in [0.05, 0.1) is 25.2 Å². The van der Waals surface area contributed by atoms with Crippen molar-refractivity contribution in [2.75, 3.05) is 7.11 Å². The normalized spacial score (nSPS) is 13.4. The number of carbonyl (C=O) groups is 1. The van der Waals surface area contributed by atoms with Crippen molar-refractivity contribution in [3.63, 3.8) is 0 Å². The first-order valence-corrected chi connectivity index (χ1v) is 6.98. The number of ether oxygens (including phenoxy) is 1. The van der Waals surface area contributed by atoms with Gasteiger partial charge in [0.15, 0.2) is 0 Å². The number of esters is 1. The van der Waals surface area contributed by atoms with Gasteiger partial charge in [0.2, 0.25) is 0 Å². The zero-order valence-corrected chi connectivity index (χ0v) is 11.5. The molecule has 0 aliphatic rings. The van der Waals surface area contributed by atoms with Crippen LogP contribution in [0.15, 0.2) is 18.2 Å². The molecule has 19 heavy (non-hydrogen) atoms. The molecule has 1 aromatic carbocycles. The van der Waals surface area contributed by atoms with Gasteiger partial charge in [-0.05, 0) is 23.8 Å². The number of methoxy groups -OCH3 is 1. The largest absolute Gasteiger partial charge is 0.469 e. The van der Waals surface area contributed by atoms with E-state index in [-0.39, 0.29) is 23.0 Å². The van der Waals surface area contributed by atoms with Crippen LogP contribution in [-0.2, 0) is 26.1 Å². The van der Waals surface area contributed by atoms with E-state index in [2.05, 4.69) is 4.74 Å². The molecule has 0 saturated heterocycles. The number of halogens is 1. The summed E-state index contributed by atoms with van der Waals surface area (Å²) in [6, 6.07) is 5.69. The Balaban J connectivity index is 2.74. The van der Waals surface area contributed by atoms with Gasteiger partial charge in [-0.1, -0.05) is 6.92 Å². The predicted molar refractivity (Wildman–Crippen MR) is 69.1 cm³/mol. The topological polar surface area (TPSA) is 67.2 Å². The summed E-state index contributed by atoms with van der Waals surface area (Å²) in [5, 5.41) is 8.34. The van der Waals surface area contributed by atoms with Crippen molar-refractivity contribution in [1.82, 2.24) is 0 Å². The number of nitriles is 1. The van der Waals surface area contributed by atoms with Gasteiger partial charge in [-0.25, -0.2) is 4.39 Å². The van der Waals surface area contributed by atoms with Crippen LogP contribution in [0.25, 0.3) is 0 Å². The predicted octanol–water partition coefficient (Wildman–Crippen LogP) is 1.90. The first-order chi connectivity index (χ1) is 8.96. The van der Waals surface area contributed by atoms with Crippen LogP contribution in [-0.4, -0.2) is 22.5 Å². The highest BCUT2D eigenvalue weighted by molar-refractivity contribution is 7.84. The molecule has 0 aliphatic carbocycles. The summed E-state index contributed by atoms with van der Waals surface area (Å²) in [5.74, 6) is -0.866. The van der Waals surface area contributed by atoms with E-state index in [1.807, 2.05) is 6.07 Å². The lowest BCUT2D eigenvalue weighted by Gasteiger charge is -2.10. The zero-order chi connectivity index (χ0) is 14.4. The lowest BCUT2D eigenvalue weighted by Crippen LogP contribution is -2.18. The number of nitrogens with zero attached hydrogens (tertiary/aromatic N) is 1. The third-order valence-electron chi connectivity index (χ3n) is 2.53. The van der Waals surface area contributed by atoms with Crippen LogP contribution in [0.2, 0.25) is 0 Å². The Bertz CT molecular complexity index is 539. The molecule has 0 heterocycles. The minimum absolute atomic E-state index is 0.0452. The van der Waals surface area contributed by atoms with Crippen molar-refractivity contribution < 1.29 is 18.1 Å². The van der Waals surface area contributed by atoms with Gasteiger partial charge in [-0.2, -0.15) is 5.26 Å². The second-order valence-corrected chi connectivity index (χ2v) is 5.93. The molecule has 4 nitrogen and oxygen atoms in total. The highest BCUT2D eigenvalue weighted by Crippen LogP contribution is 2.14. The zero-order valence-electron chi connectivity index (χ0n) is 10.7. The van der Waals surface area contributed by atoms with Crippen molar-refractivity contribution in [3.05, 3.63) is 35.1 Å². The van der Waals surface area contributed by atoms with Gasteiger partial charge in [0.25, 0.3) is 0 Å². The fourth-order valence-electron chi connectivity index (χ4n) is 1.52. The van der Waals surface area contributed by atoms with Gasteiger partial charge in [0, 0.05) is 21.8 Å². The maximum atomic E-state index is 13.2. The molecule has 0 aromatic heterocycles. The Morgan fingerprint density at radius 2 is 2.21 bits per heavy atom. The second-order valence-electron chi connectivity index (χ2n) is 4.08. The highest BCUT2D eigenvalue weighted by atomic mass is 32.2. The maximum absolute atomic E-state index is 13.2. The number of rotatable bonds is 5. The third-order valence-corrected chi connectivity index (χ3v) is 4.21. The summed E-state index contributed by atoms with van der Waals surface area (Å²) >= 11 is 0. The molecule has 1 rings (SSSR count). The lowest BCUT2D eigenvalue weighted by molar-refractivity contribution is -0.140. The average Bonchev–Trinajstić information content (AvgIpc) is 2.37. The Hall–Kier alpha value is -1.74. The molecule has 0 spiro atoms. The molecule has 2 unspecified atom stereocenters. The average molecular weight is 283 g/mol. The van der Waals surface area contributed by atoms with Crippen molar-refractivity contribution in [3.8, 4) is 6.07 Å². The molecule has 0 N–H and O–H groups in total. The fraction of sp³-hybridized carbons (Fsp3) is 0.385. The van der Waals surface area contributed by atoms with Crippen molar-refractivity contribution >= 4 is 16.8 Å². The SMILES string of the molecule is COC(=O)CC(C)S(=O)Cc1cc(F)cc(C#N)c1. The number of hydrogen-bond donors (Lipinski definition) is 0. The van der Waals surface area contributed by atoms with Crippen molar-refractivity contribution in [1.29, 1.82) is 5.26 Å². The molecule has 0 fully saturated rings. The summed E-state index contributed by atoms with van der Waals surface area (Å²) in [6.07, 6.45) is 0.0452. The number of benzene rings is 1. The first-order valence-electron chi connectivity index (χ1n) is 5.59. The minimum Gasteiger partial charge on any atom is -0.469 e. The molecule has 102 valence electrons. The van der Waals surface area contributed by atoms with Crippen LogP contribution in [0.3, 0.4) is 0 Å². The highest BCUT2D eigenvalue weighted by Gasteiger charge is 2.16. The molecule has 0 bridgehead atoms. The fourth-order valence-corrected chi connectivity index (χ4v) is 2.62. The molecule has 0 aliphatic heterocycles. The molecular formula is C13H14FNO3S. The lowest BCUT2D eigenvalue weighted by atomic mass is 10.1. The molecule has 0 amide bonds. The Kier molecular flexibility index (Phi) is 5.64. The summed E-state index contributed by atoms with van der Waals surface area (Å²) in [4.78, 5) is 11.1. The Labute approximate surface area is 113 Å². The van der Waals surface area contributed by atoms with E-state index in [0.29, 0.717) is 5.56 Å². The molecule has 2 atom stereocenters. The quantitative estimate of drug-likeness (QED) is 0.774. The van der Waals surface area contributed by atoms with E-state index < -0.39 is 22.6 Å². The van der Waals surface area contributed by atoms with Crippen molar-refractivity contribution in [2.45, 2.75) is 24.3 Å². The summed E-state index contributed by atoms with van der Waals surface area (Å²) < 4.78 is 29.7. The molecular weight excluding hydrogens is 269 g/mol. The minimum atomic E-state index is -1.33. The second kappa shape index (κ2) is 7.00. The Morgan fingerprint density at radius 1 is 1.53 bits per heavy atom. The van der Waals surface area contributed by atoms with Crippen molar-refractivity contribution in [2.24, 2.45) is 0 Å². The van der Waals surface area contributed by atoms with Crippen LogP contribution in [0.1, 0.15) is 24.5 Å². The van der Waals surface area contributed by atoms with Crippen LogP contribution in [0.4, 0.5) is 4.39 Å². The van der Waals surface area contributed by atoms with Crippen LogP contribution < -0.4 is 0 Å². The number of carbonyl (C=O) groups excluding carboxylic acids is 1. The van der Waals surface area contributed by atoms with E-state index in [0.717, 1.165) is 6.07 Å². The van der Waals surface area contributed by atoms with E-state index >= 15 is 0 Å². The van der Waals surface area contributed by atoms with Gasteiger partial charge >= 0.3 is 5.97 Å². The summed E-state index contributed by atoms with van der Waals surface area (Å²) in [5.41, 5.74) is 0.666. The van der Waals surface area contributed by atoms with E-state index in [1.54, 1.807) is 6.92 Å². The molecule has 0 radical (unpaired) electrons. The summed E-state index contributed by atoms with van der Waals surface area (Å²) in [6.45, 7) is 1.66. The number of hydrogen-bond acceptors (Lipinski definition) is 4. The van der Waals surface area contributed by atoms with E-state index in [1.165, 1.54) is 19.2 Å². The van der Waals surface area contributed by atoms with E-state index in [4.69, 9.17) is 5.26 Å². The molecule has 1 aromatic rings. The standard InChI is InChI=1S/C13H14FNO3S/c1-9(3-13(16)18-2)19(17)8-11-4-10(7-15)5-12(14)6-11/h4-6,9H,3,8H2,1-2H3. The Morgan fingerprint density at radius 3 is 2.79 bits per heavy atom. The van der Waals surface area contributed by atoms with Gasteiger partial charge in [-0.3, -0.25) is 9.00 Å². The van der Waals surface area contributed by atoms with Gasteiger partial charge in [0.1, 0.15) is 5.82 Å². The first kappa shape index (κ1) is 15.3. The van der Waals surface area contributed by atoms with Gasteiger partial charge in [-0.15, -0.1) is 0 Å². The molecule has 6 heteroatoms. The van der Waals surface area contributed by atoms with Crippen LogP contribution in [0, 0.1) is 17.1 Å².